The summed E-state index contributed by atoms with van der Waals surface area (Å²) >= 11 is 3.52. The van der Waals surface area contributed by atoms with Crippen molar-refractivity contribution in [1.82, 2.24) is 0 Å². The topological polar surface area (TPSA) is 9.23 Å². The highest BCUT2D eigenvalue weighted by atomic mass is 79.9. The number of benzene rings is 1. The lowest BCUT2D eigenvalue weighted by molar-refractivity contribution is 0.0107. The summed E-state index contributed by atoms with van der Waals surface area (Å²) in [5, 5.41) is 0. The van der Waals surface area contributed by atoms with Gasteiger partial charge in [0, 0.05) is 4.47 Å². The van der Waals surface area contributed by atoms with E-state index < -0.39 is 0 Å². The molecule has 16 heavy (non-hydrogen) atoms. The molecule has 1 aromatic carbocycles. The first-order chi connectivity index (χ1) is 7.77. The molecule has 1 aliphatic carbocycles. The van der Waals surface area contributed by atoms with Gasteiger partial charge in [0.15, 0.2) is 0 Å². The lowest BCUT2D eigenvalue weighted by atomic mass is 9.79. The first-order valence-electron chi connectivity index (χ1n) is 6.25. The van der Waals surface area contributed by atoms with Gasteiger partial charge in [0.05, 0.1) is 0 Å². The first-order valence-corrected chi connectivity index (χ1v) is 7.04. The van der Waals surface area contributed by atoms with Crippen molar-refractivity contribution in [2.24, 2.45) is 0 Å². The monoisotopic (exact) mass is 280 g/mol. The van der Waals surface area contributed by atoms with Gasteiger partial charge in [-0.15, -0.1) is 0 Å². The molecule has 1 spiro atoms. The van der Waals surface area contributed by atoms with E-state index in [1.807, 2.05) is 0 Å². The zero-order valence-electron chi connectivity index (χ0n) is 9.47. The van der Waals surface area contributed by atoms with Crippen molar-refractivity contribution < 1.29 is 4.74 Å². The quantitative estimate of drug-likeness (QED) is 0.681. The molecular weight excluding hydrogens is 264 g/mol. The Morgan fingerprint density at radius 3 is 2.69 bits per heavy atom. The molecule has 1 saturated carbocycles. The Morgan fingerprint density at radius 1 is 1.06 bits per heavy atom. The summed E-state index contributed by atoms with van der Waals surface area (Å²) in [6.07, 6.45) is 8.95. The highest BCUT2D eigenvalue weighted by Gasteiger charge is 2.37. The fraction of sp³-hybridized carbons (Fsp3) is 0.571. The molecule has 0 N–H and O–H groups in total. The van der Waals surface area contributed by atoms with Gasteiger partial charge in [-0.3, -0.25) is 0 Å². The van der Waals surface area contributed by atoms with E-state index in [0.29, 0.717) is 0 Å². The Kier molecular flexibility index (Phi) is 2.70. The second-order valence-electron chi connectivity index (χ2n) is 5.10. The van der Waals surface area contributed by atoms with E-state index >= 15 is 0 Å². The van der Waals surface area contributed by atoms with Crippen LogP contribution >= 0.6 is 15.9 Å². The summed E-state index contributed by atoms with van der Waals surface area (Å²) in [7, 11) is 0. The Labute approximate surface area is 105 Å². The summed E-state index contributed by atoms with van der Waals surface area (Å²) in [6, 6.07) is 6.43. The SMILES string of the molecule is Brc1ccc2c(c1)OC1(CCCCC1)CC2. The largest absolute Gasteiger partial charge is 0.487 e. The van der Waals surface area contributed by atoms with Gasteiger partial charge in [-0.25, -0.2) is 0 Å². The average Bonchev–Trinajstić information content (AvgIpc) is 2.29. The molecule has 1 aromatic rings. The third kappa shape index (κ3) is 1.88. The number of aryl methyl sites for hydroxylation is 1. The molecule has 1 nitrogen and oxygen atoms in total. The fourth-order valence-corrected chi connectivity index (χ4v) is 3.36. The van der Waals surface area contributed by atoms with Gasteiger partial charge < -0.3 is 4.74 Å². The van der Waals surface area contributed by atoms with Crippen molar-refractivity contribution in [3.8, 4) is 5.75 Å². The summed E-state index contributed by atoms with van der Waals surface area (Å²) in [5.41, 5.74) is 1.55. The number of hydrogen-bond donors (Lipinski definition) is 0. The van der Waals surface area contributed by atoms with Gasteiger partial charge in [-0.2, -0.15) is 0 Å². The molecule has 1 aliphatic heterocycles. The molecule has 2 aliphatic rings. The minimum absolute atomic E-state index is 0.173. The van der Waals surface area contributed by atoms with Crippen molar-refractivity contribution in [1.29, 1.82) is 0 Å². The van der Waals surface area contributed by atoms with Crippen LogP contribution in [0.1, 0.15) is 44.1 Å². The van der Waals surface area contributed by atoms with E-state index in [4.69, 9.17) is 4.74 Å². The van der Waals surface area contributed by atoms with Gasteiger partial charge in [0.1, 0.15) is 11.4 Å². The van der Waals surface area contributed by atoms with Crippen LogP contribution in [-0.2, 0) is 6.42 Å². The van der Waals surface area contributed by atoms with Crippen molar-refractivity contribution in [3.05, 3.63) is 28.2 Å². The molecule has 0 atom stereocenters. The average molecular weight is 281 g/mol. The second kappa shape index (κ2) is 4.06. The third-order valence-electron chi connectivity index (χ3n) is 3.97. The predicted molar refractivity (Wildman–Crippen MR) is 68.9 cm³/mol. The molecule has 0 unspecified atom stereocenters. The number of fused-ring (bicyclic) bond motifs is 1. The van der Waals surface area contributed by atoms with E-state index in [2.05, 4.69) is 34.1 Å². The maximum absolute atomic E-state index is 6.31. The molecule has 86 valence electrons. The predicted octanol–water partition coefficient (Wildman–Crippen LogP) is 4.48. The van der Waals surface area contributed by atoms with E-state index in [1.54, 1.807) is 0 Å². The molecule has 1 heterocycles. The van der Waals surface area contributed by atoms with Crippen molar-refractivity contribution in [3.63, 3.8) is 0 Å². The summed E-state index contributed by atoms with van der Waals surface area (Å²) in [4.78, 5) is 0. The van der Waals surface area contributed by atoms with Crippen LogP contribution in [0.4, 0.5) is 0 Å². The summed E-state index contributed by atoms with van der Waals surface area (Å²) in [6.45, 7) is 0. The second-order valence-corrected chi connectivity index (χ2v) is 6.01. The molecule has 0 amide bonds. The molecule has 0 saturated heterocycles. The molecule has 3 rings (SSSR count). The summed E-state index contributed by atoms with van der Waals surface area (Å²) < 4.78 is 7.44. The normalized spacial score (nSPS) is 22.6. The van der Waals surface area contributed by atoms with Crippen LogP contribution in [0.5, 0.6) is 5.75 Å². The van der Waals surface area contributed by atoms with E-state index in [0.717, 1.165) is 10.2 Å². The van der Waals surface area contributed by atoms with Gasteiger partial charge in [-0.1, -0.05) is 28.4 Å². The lowest BCUT2D eigenvalue weighted by Crippen LogP contribution is -2.41. The van der Waals surface area contributed by atoms with Crippen LogP contribution in [0.25, 0.3) is 0 Å². The van der Waals surface area contributed by atoms with E-state index in [9.17, 15) is 0 Å². The summed E-state index contributed by atoms with van der Waals surface area (Å²) in [5.74, 6) is 1.11. The lowest BCUT2D eigenvalue weighted by Gasteiger charge is -2.41. The van der Waals surface area contributed by atoms with Crippen LogP contribution in [0.3, 0.4) is 0 Å². The minimum Gasteiger partial charge on any atom is -0.487 e. The van der Waals surface area contributed by atoms with Crippen LogP contribution in [0.2, 0.25) is 0 Å². The number of ether oxygens (including phenoxy) is 1. The zero-order chi connectivity index (χ0) is 11.0. The number of hydrogen-bond acceptors (Lipinski definition) is 1. The Morgan fingerprint density at radius 2 is 1.88 bits per heavy atom. The van der Waals surface area contributed by atoms with Gasteiger partial charge in [0.25, 0.3) is 0 Å². The van der Waals surface area contributed by atoms with Gasteiger partial charge >= 0.3 is 0 Å². The maximum Gasteiger partial charge on any atom is 0.124 e. The zero-order valence-corrected chi connectivity index (χ0v) is 11.1. The molecule has 2 heteroatoms. The third-order valence-corrected chi connectivity index (χ3v) is 4.46. The van der Waals surface area contributed by atoms with E-state index in [1.165, 1.54) is 50.5 Å². The highest BCUT2D eigenvalue weighted by molar-refractivity contribution is 9.10. The molecule has 0 bridgehead atoms. The first kappa shape index (κ1) is 10.6. The van der Waals surface area contributed by atoms with Crippen LogP contribution in [0.15, 0.2) is 22.7 Å². The maximum atomic E-state index is 6.31. The van der Waals surface area contributed by atoms with Crippen LogP contribution in [0, 0.1) is 0 Å². The Bertz CT molecular complexity index is 394. The standard InChI is InChI=1S/C14H17BrO/c15-12-5-4-11-6-9-14(16-13(11)10-12)7-2-1-3-8-14/h4-5,10H,1-3,6-9H2. The molecule has 0 aromatic heterocycles. The number of halogens is 1. The Balaban J connectivity index is 1.89. The molecule has 1 fully saturated rings. The van der Waals surface area contributed by atoms with Gasteiger partial charge in [0.2, 0.25) is 0 Å². The van der Waals surface area contributed by atoms with Gasteiger partial charge in [-0.05, 0) is 56.2 Å². The van der Waals surface area contributed by atoms with Crippen molar-refractivity contribution >= 4 is 15.9 Å². The van der Waals surface area contributed by atoms with Crippen LogP contribution in [-0.4, -0.2) is 5.60 Å². The Hall–Kier alpha value is -0.500. The smallest absolute Gasteiger partial charge is 0.124 e. The fourth-order valence-electron chi connectivity index (χ4n) is 3.02. The van der Waals surface area contributed by atoms with E-state index in [-0.39, 0.29) is 5.60 Å². The minimum atomic E-state index is 0.173. The highest BCUT2D eigenvalue weighted by Crippen LogP contribution is 2.42. The van der Waals surface area contributed by atoms with Crippen molar-refractivity contribution in [2.45, 2.75) is 50.5 Å². The van der Waals surface area contributed by atoms with Crippen LogP contribution < -0.4 is 4.74 Å². The van der Waals surface area contributed by atoms with Crippen molar-refractivity contribution in [2.75, 3.05) is 0 Å². The molecule has 0 radical (unpaired) electrons. The number of rotatable bonds is 0. The molecular formula is C14H17BrO.